The Labute approximate surface area is 125 Å². The van der Waals surface area contributed by atoms with Crippen molar-refractivity contribution in [3.8, 4) is 0 Å². The van der Waals surface area contributed by atoms with Crippen molar-refractivity contribution in [2.24, 2.45) is 0 Å². The maximum absolute atomic E-state index is 12.5. The number of aryl methyl sites for hydroxylation is 2. The zero-order chi connectivity index (χ0) is 14.8. The molecule has 2 unspecified atom stereocenters. The van der Waals surface area contributed by atoms with E-state index < -0.39 is 0 Å². The average Bonchev–Trinajstić information content (AvgIpc) is 2.94. The molecule has 0 radical (unpaired) electrons. The lowest BCUT2D eigenvalue weighted by molar-refractivity contribution is -0.146. The average molecular weight is 289 g/mol. The maximum atomic E-state index is 12.5. The molecule has 1 fully saturated rings. The van der Waals surface area contributed by atoms with Crippen molar-refractivity contribution < 1.29 is 14.6 Å². The SMILES string of the molecule is CC1CN(C(=O)Cc2ccc3c(c2)CCC3)CC(CO)O1. The van der Waals surface area contributed by atoms with Gasteiger partial charge in [0.1, 0.15) is 0 Å². The molecule has 1 amide bonds. The third kappa shape index (κ3) is 3.27. The van der Waals surface area contributed by atoms with Crippen molar-refractivity contribution in [2.75, 3.05) is 19.7 Å². The zero-order valence-corrected chi connectivity index (χ0v) is 12.5. The van der Waals surface area contributed by atoms with Crippen LogP contribution in [0.15, 0.2) is 18.2 Å². The van der Waals surface area contributed by atoms with E-state index in [9.17, 15) is 9.90 Å². The predicted octanol–water partition coefficient (Wildman–Crippen LogP) is 1.33. The van der Waals surface area contributed by atoms with Gasteiger partial charge in [-0.05, 0) is 42.9 Å². The van der Waals surface area contributed by atoms with E-state index in [2.05, 4.69) is 18.2 Å². The summed E-state index contributed by atoms with van der Waals surface area (Å²) in [4.78, 5) is 14.3. The van der Waals surface area contributed by atoms with Crippen molar-refractivity contribution >= 4 is 5.91 Å². The molecule has 1 N–H and O–H groups in total. The summed E-state index contributed by atoms with van der Waals surface area (Å²) < 4.78 is 5.58. The first-order chi connectivity index (χ1) is 10.2. The number of aliphatic hydroxyl groups excluding tert-OH is 1. The monoisotopic (exact) mass is 289 g/mol. The molecule has 3 rings (SSSR count). The summed E-state index contributed by atoms with van der Waals surface area (Å²) in [5, 5.41) is 9.24. The molecule has 2 aliphatic rings. The Balaban J connectivity index is 1.65. The Kier molecular flexibility index (Phi) is 4.27. The number of ether oxygens (including phenoxy) is 1. The van der Waals surface area contributed by atoms with Gasteiger partial charge in [-0.25, -0.2) is 0 Å². The molecule has 0 bridgehead atoms. The number of hydrogen-bond acceptors (Lipinski definition) is 3. The fraction of sp³-hybridized carbons (Fsp3) is 0.588. The standard InChI is InChI=1S/C17H23NO3/c1-12-9-18(10-16(11-19)21-12)17(20)8-13-5-6-14-3-2-4-15(14)7-13/h5-7,12,16,19H,2-4,8-11H2,1H3. The number of aliphatic hydroxyl groups is 1. The Hall–Kier alpha value is -1.39. The van der Waals surface area contributed by atoms with E-state index in [0.29, 0.717) is 19.5 Å². The molecule has 0 spiro atoms. The summed E-state index contributed by atoms with van der Waals surface area (Å²) in [5.74, 6) is 0.126. The molecular weight excluding hydrogens is 266 g/mol. The number of hydrogen-bond donors (Lipinski definition) is 1. The van der Waals surface area contributed by atoms with Gasteiger partial charge in [0.2, 0.25) is 5.91 Å². The normalized spacial score (nSPS) is 25.0. The minimum atomic E-state index is -0.252. The van der Waals surface area contributed by atoms with Gasteiger partial charge in [-0.15, -0.1) is 0 Å². The zero-order valence-electron chi connectivity index (χ0n) is 12.5. The summed E-state index contributed by atoms with van der Waals surface area (Å²) in [6.45, 7) is 3.01. The van der Waals surface area contributed by atoms with E-state index in [1.165, 1.54) is 24.0 Å². The van der Waals surface area contributed by atoms with E-state index in [1.807, 2.05) is 11.8 Å². The minimum Gasteiger partial charge on any atom is -0.394 e. The van der Waals surface area contributed by atoms with Crippen LogP contribution in [-0.4, -0.2) is 47.8 Å². The largest absolute Gasteiger partial charge is 0.394 e. The molecule has 1 heterocycles. The number of fused-ring (bicyclic) bond motifs is 1. The van der Waals surface area contributed by atoms with Crippen molar-refractivity contribution in [1.82, 2.24) is 4.90 Å². The molecule has 2 atom stereocenters. The second kappa shape index (κ2) is 6.16. The van der Waals surface area contributed by atoms with Gasteiger partial charge in [0.05, 0.1) is 25.2 Å². The van der Waals surface area contributed by atoms with Crippen LogP contribution in [-0.2, 0) is 28.8 Å². The van der Waals surface area contributed by atoms with Gasteiger partial charge in [0, 0.05) is 13.1 Å². The van der Waals surface area contributed by atoms with E-state index in [4.69, 9.17) is 4.74 Å². The summed E-state index contributed by atoms with van der Waals surface area (Å²) in [5.41, 5.74) is 3.94. The van der Waals surface area contributed by atoms with Gasteiger partial charge in [0.25, 0.3) is 0 Å². The highest BCUT2D eigenvalue weighted by Crippen LogP contribution is 2.23. The molecule has 1 aromatic carbocycles. The smallest absolute Gasteiger partial charge is 0.227 e. The van der Waals surface area contributed by atoms with Gasteiger partial charge >= 0.3 is 0 Å². The van der Waals surface area contributed by atoms with E-state index in [1.54, 1.807) is 0 Å². The summed E-state index contributed by atoms with van der Waals surface area (Å²) in [6, 6.07) is 6.44. The Bertz CT molecular complexity index is 529. The van der Waals surface area contributed by atoms with Crippen LogP contribution in [0.25, 0.3) is 0 Å². The van der Waals surface area contributed by atoms with Gasteiger partial charge < -0.3 is 14.7 Å². The van der Waals surface area contributed by atoms with Crippen LogP contribution in [0.2, 0.25) is 0 Å². The molecule has 1 saturated heterocycles. The van der Waals surface area contributed by atoms with Gasteiger partial charge in [0.15, 0.2) is 0 Å². The molecule has 0 saturated carbocycles. The summed E-state index contributed by atoms with van der Waals surface area (Å²) in [6.07, 6.45) is 3.71. The van der Waals surface area contributed by atoms with Crippen molar-refractivity contribution in [2.45, 2.75) is 44.8 Å². The fourth-order valence-electron chi connectivity index (χ4n) is 3.37. The van der Waals surface area contributed by atoms with Crippen LogP contribution < -0.4 is 0 Å². The molecule has 1 aliphatic carbocycles. The second-order valence-corrected chi connectivity index (χ2v) is 6.18. The Morgan fingerprint density at radius 2 is 2.14 bits per heavy atom. The number of rotatable bonds is 3. The molecule has 114 valence electrons. The molecular formula is C17H23NO3. The summed E-state index contributed by atoms with van der Waals surface area (Å²) >= 11 is 0. The quantitative estimate of drug-likeness (QED) is 0.913. The lowest BCUT2D eigenvalue weighted by atomic mass is 10.0. The van der Waals surface area contributed by atoms with E-state index >= 15 is 0 Å². The van der Waals surface area contributed by atoms with Crippen molar-refractivity contribution in [3.05, 3.63) is 34.9 Å². The number of carbonyl (C=O) groups excluding carboxylic acids is 1. The predicted molar refractivity (Wildman–Crippen MR) is 80.2 cm³/mol. The topological polar surface area (TPSA) is 49.8 Å². The van der Waals surface area contributed by atoms with Crippen LogP contribution in [0.3, 0.4) is 0 Å². The van der Waals surface area contributed by atoms with Gasteiger partial charge in [-0.2, -0.15) is 0 Å². The van der Waals surface area contributed by atoms with Gasteiger partial charge in [-0.1, -0.05) is 18.2 Å². The van der Waals surface area contributed by atoms with Crippen LogP contribution in [0.1, 0.15) is 30.0 Å². The van der Waals surface area contributed by atoms with Crippen LogP contribution in [0.4, 0.5) is 0 Å². The highest BCUT2D eigenvalue weighted by atomic mass is 16.5. The molecule has 1 aromatic rings. The van der Waals surface area contributed by atoms with Crippen LogP contribution in [0.5, 0.6) is 0 Å². The molecule has 0 aromatic heterocycles. The number of carbonyl (C=O) groups is 1. The minimum absolute atomic E-state index is 0.0140. The number of morpholine rings is 1. The second-order valence-electron chi connectivity index (χ2n) is 6.18. The third-order valence-corrected chi connectivity index (χ3v) is 4.40. The maximum Gasteiger partial charge on any atom is 0.227 e. The first kappa shape index (κ1) is 14.5. The molecule has 21 heavy (non-hydrogen) atoms. The van der Waals surface area contributed by atoms with Gasteiger partial charge in [-0.3, -0.25) is 4.79 Å². The Morgan fingerprint density at radius 1 is 1.33 bits per heavy atom. The number of benzene rings is 1. The number of nitrogens with zero attached hydrogens (tertiary/aromatic N) is 1. The lowest BCUT2D eigenvalue weighted by Gasteiger charge is -2.36. The highest BCUT2D eigenvalue weighted by Gasteiger charge is 2.28. The van der Waals surface area contributed by atoms with Crippen LogP contribution >= 0.6 is 0 Å². The van der Waals surface area contributed by atoms with Crippen molar-refractivity contribution in [1.29, 1.82) is 0 Å². The molecule has 1 aliphatic heterocycles. The van der Waals surface area contributed by atoms with E-state index in [0.717, 1.165) is 12.0 Å². The third-order valence-electron chi connectivity index (χ3n) is 4.40. The highest BCUT2D eigenvalue weighted by molar-refractivity contribution is 5.79. The Morgan fingerprint density at radius 3 is 2.95 bits per heavy atom. The number of amides is 1. The first-order valence-electron chi connectivity index (χ1n) is 7.80. The summed E-state index contributed by atoms with van der Waals surface area (Å²) in [7, 11) is 0. The lowest BCUT2D eigenvalue weighted by Crippen LogP contribution is -2.50. The molecule has 4 heteroatoms. The fourth-order valence-corrected chi connectivity index (χ4v) is 3.37. The first-order valence-corrected chi connectivity index (χ1v) is 7.80. The molecule has 4 nitrogen and oxygen atoms in total. The van der Waals surface area contributed by atoms with Crippen LogP contribution in [0, 0.1) is 0 Å². The van der Waals surface area contributed by atoms with E-state index in [-0.39, 0.29) is 24.7 Å². The van der Waals surface area contributed by atoms with Crippen molar-refractivity contribution in [3.63, 3.8) is 0 Å².